The maximum absolute atomic E-state index is 11.6. The van der Waals surface area contributed by atoms with Crippen LogP contribution in [0.15, 0.2) is 54.6 Å². The molecule has 0 unspecified atom stereocenters. The number of hydrogen-bond acceptors (Lipinski definition) is 4. The quantitative estimate of drug-likeness (QED) is 0.368. The first kappa shape index (κ1) is 15.1. The van der Waals surface area contributed by atoms with Crippen LogP contribution in [0.2, 0.25) is 0 Å². The fourth-order valence-electron chi connectivity index (χ4n) is 1.91. The molecule has 0 saturated heterocycles. The van der Waals surface area contributed by atoms with Gasteiger partial charge in [0, 0.05) is 12.1 Å². The van der Waals surface area contributed by atoms with Gasteiger partial charge in [-0.25, -0.2) is 0 Å². The number of carbonyl (C=O) groups is 1. The molecule has 0 atom stereocenters. The van der Waals surface area contributed by atoms with E-state index in [1.54, 1.807) is 0 Å². The van der Waals surface area contributed by atoms with Crippen LogP contribution < -0.4 is 5.73 Å². The van der Waals surface area contributed by atoms with Gasteiger partial charge < -0.3 is 15.2 Å². The van der Waals surface area contributed by atoms with E-state index in [1.165, 1.54) is 0 Å². The Labute approximate surface area is 124 Å². The first-order chi connectivity index (χ1) is 10.2. The fourth-order valence-corrected chi connectivity index (χ4v) is 1.91. The normalized spacial score (nSPS) is 10.3. The molecule has 0 saturated carbocycles. The molecule has 0 aromatic heterocycles. The zero-order chi connectivity index (χ0) is 14.9. The molecule has 0 radical (unpaired) electrons. The maximum atomic E-state index is 11.6. The van der Waals surface area contributed by atoms with Crippen molar-refractivity contribution in [1.82, 2.24) is 0 Å². The Morgan fingerprint density at radius 1 is 1.00 bits per heavy atom. The summed E-state index contributed by atoms with van der Waals surface area (Å²) in [5.74, 6) is -0.273. The molecule has 110 valence electrons. The van der Waals surface area contributed by atoms with Gasteiger partial charge in [0.2, 0.25) is 0 Å². The van der Waals surface area contributed by atoms with Gasteiger partial charge in [0.15, 0.2) is 6.79 Å². The van der Waals surface area contributed by atoms with E-state index in [1.807, 2.05) is 54.6 Å². The van der Waals surface area contributed by atoms with E-state index >= 15 is 0 Å². The number of ether oxygens (including phenoxy) is 2. The van der Waals surface area contributed by atoms with E-state index in [0.717, 1.165) is 11.1 Å². The standard InChI is InChI=1S/C17H19NO3/c18-16-8-4-7-14(11-16)9-10-17(19)21-13-20-12-15-5-2-1-3-6-15/h1-8,11H,9-10,12-13,18H2. The highest BCUT2D eigenvalue weighted by Crippen LogP contribution is 2.09. The second kappa shape index (κ2) is 8.07. The van der Waals surface area contributed by atoms with Crippen molar-refractivity contribution in [3.63, 3.8) is 0 Å². The molecule has 4 nitrogen and oxygen atoms in total. The third kappa shape index (κ3) is 5.67. The number of nitrogens with two attached hydrogens (primary N) is 1. The second-order valence-electron chi connectivity index (χ2n) is 4.71. The Balaban J connectivity index is 1.62. The minimum atomic E-state index is -0.273. The van der Waals surface area contributed by atoms with Gasteiger partial charge in [-0.05, 0) is 29.7 Å². The van der Waals surface area contributed by atoms with Crippen molar-refractivity contribution < 1.29 is 14.3 Å². The zero-order valence-corrected chi connectivity index (χ0v) is 11.8. The Morgan fingerprint density at radius 3 is 2.52 bits per heavy atom. The van der Waals surface area contributed by atoms with Crippen molar-refractivity contribution in [2.45, 2.75) is 19.4 Å². The Kier molecular flexibility index (Phi) is 5.79. The summed E-state index contributed by atoms with van der Waals surface area (Å²) < 4.78 is 10.3. The number of esters is 1. The predicted molar refractivity (Wildman–Crippen MR) is 81.4 cm³/mol. The zero-order valence-electron chi connectivity index (χ0n) is 11.8. The predicted octanol–water partition coefficient (Wildman–Crippen LogP) is 2.92. The van der Waals surface area contributed by atoms with Crippen LogP contribution in [-0.4, -0.2) is 12.8 Å². The van der Waals surface area contributed by atoms with Crippen LogP contribution in [0.3, 0.4) is 0 Å². The number of nitrogen functional groups attached to an aromatic ring is 1. The molecular formula is C17H19NO3. The summed E-state index contributed by atoms with van der Waals surface area (Å²) in [4.78, 5) is 11.6. The summed E-state index contributed by atoms with van der Waals surface area (Å²) in [7, 11) is 0. The number of anilines is 1. The van der Waals surface area contributed by atoms with Crippen LogP contribution >= 0.6 is 0 Å². The lowest BCUT2D eigenvalue weighted by atomic mass is 10.1. The summed E-state index contributed by atoms with van der Waals surface area (Å²) in [6.07, 6.45) is 0.931. The Hall–Kier alpha value is -2.33. The van der Waals surface area contributed by atoms with Crippen molar-refractivity contribution in [3.8, 4) is 0 Å². The van der Waals surface area contributed by atoms with E-state index in [4.69, 9.17) is 15.2 Å². The van der Waals surface area contributed by atoms with Crippen molar-refractivity contribution in [3.05, 3.63) is 65.7 Å². The summed E-state index contributed by atoms with van der Waals surface area (Å²) in [6, 6.07) is 17.2. The summed E-state index contributed by atoms with van der Waals surface area (Å²) in [6.45, 7) is 0.411. The average molecular weight is 285 g/mol. The molecular weight excluding hydrogens is 266 g/mol. The van der Waals surface area contributed by atoms with E-state index in [2.05, 4.69) is 0 Å². The van der Waals surface area contributed by atoms with Crippen LogP contribution in [0.4, 0.5) is 5.69 Å². The molecule has 2 aromatic rings. The molecule has 0 aliphatic carbocycles. The molecule has 4 heteroatoms. The third-order valence-corrected chi connectivity index (χ3v) is 2.98. The molecule has 0 bridgehead atoms. The Morgan fingerprint density at radius 2 is 1.76 bits per heavy atom. The highest BCUT2D eigenvalue weighted by Gasteiger charge is 2.04. The SMILES string of the molecule is Nc1cccc(CCC(=O)OCOCc2ccccc2)c1. The summed E-state index contributed by atoms with van der Waals surface area (Å²) >= 11 is 0. The van der Waals surface area contributed by atoms with Crippen LogP contribution in [0.1, 0.15) is 17.5 Å². The van der Waals surface area contributed by atoms with Gasteiger partial charge in [-0.3, -0.25) is 4.79 Å². The molecule has 21 heavy (non-hydrogen) atoms. The van der Waals surface area contributed by atoms with Crippen molar-refractivity contribution in [1.29, 1.82) is 0 Å². The number of benzene rings is 2. The largest absolute Gasteiger partial charge is 0.438 e. The minimum Gasteiger partial charge on any atom is -0.438 e. The highest BCUT2D eigenvalue weighted by atomic mass is 16.7. The topological polar surface area (TPSA) is 61.6 Å². The number of rotatable bonds is 7. The monoisotopic (exact) mass is 285 g/mol. The molecule has 2 N–H and O–H groups in total. The minimum absolute atomic E-state index is 0.0232. The molecule has 0 aliphatic rings. The summed E-state index contributed by atoms with van der Waals surface area (Å²) in [5.41, 5.74) is 8.46. The van der Waals surface area contributed by atoms with Crippen molar-refractivity contribution >= 4 is 11.7 Å². The maximum Gasteiger partial charge on any atom is 0.308 e. The molecule has 2 rings (SSSR count). The van der Waals surface area contributed by atoms with Gasteiger partial charge in [0.25, 0.3) is 0 Å². The third-order valence-electron chi connectivity index (χ3n) is 2.98. The Bertz CT molecular complexity index is 569. The van der Waals surface area contributed by atoms with Crippen molar-refractivity contribution in [2.24, 2.45) is 0 Å². The van der Waals surface area contributed by atoms with Gasteiger partial charge in [-0.15, -0.1) is 0 Å². The van der Waals surface area contributed by atoms with Gasteiger partial charge in [0.05, 0.1) is 6.61 Å². The molecule has 0 amide bonds. The first-order valence-electron chi connectivity index (χ1n) is 6.86. The van der Waals surface area contributed by atoms with Crippen LogP contribution in [0.5, 0.6) is 0 Å². The molecule has 2 aromatic carbocycles. The lowest BCUT2D eigenvalue weighted by molar-refractivity contribution is -0.157. The van der Waals surface area contributed by atoms with E-state index in [-0.39, 0.29) is 12.8 Å². The van der Waals surface area contributed by atoms with E-state index in [0.29, 0.717) is 25.1 Å². The van der Waals surface area contributed by atoms with Crippen LogP contribution in [0.25, 0.3) is 0 Å². The molecule has 0 spiro atoms. The smallest absolute Gasteiger partial charge is 0.308 e. The van der Waals surface area contributed by atoms with Gasteiger partial charge >= 0.3 is 5.97 Å². The van der Waals surface area contributed by atoms with Crippen LogP contribution in [0, 0.1) is 0 Å². The van der Waals surface area contributed by atoms with E-state index < -0.39 is 0 Å². The average Bonchev–Trinajstić information content (AvgIpc) is 2.51. The van der Waals surface area contributed by atoms with Crippen LogP contribution in [-0.2, 0) is 27.3 Å². The first-order valence-corrected chi connectivity index (χ1v) is 6.86. The number of hydrogen-bond donors (Lipinski definition) is 1. The lowest BCUT2D eigenvalue weighted by Gasteiger charge is -2.06. The number of aryl methyl sites for hydroxylation is 1. The number of carbonyl (C=O) groups excluding carboxylic acids is 1. The summed E-state index contributed by atoms with van der Waals surface area (Å²) in [5, 5.41) is 0. The second-order valence-corrected chi connectivity index (χ2v) is 4.71. The van der Waals surface area contributed by atoms with Gasteiger partial charge in [0.1, 0.15) is 0 Å². The van der Waals surface area contributed by atoms with Crippen molar-refractivity contribution in [2.75, 3.05) is 12.5 Å². The highest BCUT2D eigenvalue weighted by molar-refractivity contribution is 5.69. The molecule has 0 heterocycles. The van der Waals surface area contributed by atoms with Gasteiger partial charge in [-0.1, -0.05) is 42.5 Å². The molecule has 0 aliphatic heterocycles. The fraction of sp³-hybridized carbons (Fsp3) is 0.235. The van der Waals surface area contributed by atoms with Gasteiger partial charge in [-0.2, -0.15) is 0 Å². The lowest BCUT2D eigenvalue weighted by Crippen LogP contribution is -2.09. The van der Waals surface area contributed by atoms with E-state index in [9.17, 15) is 4.79 Å². The molecule has 0 fully saturated rings.